The van der Waals surface area contributed by atoms with Crippen molar-refractivity contribution >= 4 is 17.4 Å². The summed E-state index contributed by atoms with van der Waals surface area (Å²) < 4.78 is 0. The summed E-state index contributed by atoms with van der Waals surface area (Å²) in [4.78, 5) is 10.7. The van der Waals surface area contributed by atoms with Crippen molar-refractivity contribution in [2.45, 2.75) is 6.54 Å². The van der Waals surface area contributed by atoms with Crippen molar-refractivity contribution in [3.63, 3.8) is 0 Å². The van der Waals surface area contributed by atoms with Gasteiger partial charge in [0, 0.05) is 17.9 Å². The molecule has 100 valence electrons. The molecule has 0 aromatic heterocycles. The molecule has 2 rings (SSSR count). The Balaban J connectivity index is 1.97. The van der Waals surface area contributed by atoms with E-state index in [0.717, 1.165) is 11.3 Å². The molecule has 0 saturated carbocycles. The van der Waals surface area contributed by atoms with Crippen LogP contribution >= 0.6 is 0 Å². The first-order chi connectivity index (χ1) is 9.67. The minimum atomic E-state index is -0.584. The summed E-state index contributed by atoms with van der Waals surface area (Å²) in [5.74, 6) is 0. The Bertz CT molecular complexity index is 644. The van der Waals surface area contributed by atoms with Gasteiger partial charge in [0.2, 0.25) is 0 Å². The molecule has 0 saturated heterocycles. The van der Waals surface area contributed by atoms with E-state index in [2.05, 4.69) is 16.7 Å². The molecule has 0 bridgehead atoms. The Morgan fingerprint density at radius 1 is 1.15 bits per heavy atom. The molecular formula is C15H14N4O. The molecule has 0 radical (unpaired) electrons. The normalized spacial score (nSPS) is 9.55. The minimum absolute atomic E-state index is 0.584. The van der Waals surface area contributed by atoms with Crippen LogP contribution in [-0.4, -0.2) is 6.03 Å². The van der Waals surface area contributed by atoms with Gasteiger partial charge in [0.05, 0.1) is 11.6 Å². The average Bonchev–Trinajstić information content (AvgIpc) is 2.46. The Morgan fingerprint density at radius 2 is 1.85 bits per heavy atom. The van der Waals surface area contributed by atoms with Gasteiger partial charge in [-0.05, 0) is 42.0 Å². The van der Waals surface area contributed by atoms with Gasteiger partial charge in [-0.15, -0.1) is 0 Å². The van der Waals surface area contributed by atoms with E-state index in [4.69, 9.17) is 11.0 Å². The van der Waals surface area contributed by atoms with Crippen molar-refractivity contribution in [3.8, 4) is 6.07 Å². The molecule has 5 heteroatoms. The molecule has 0 unspecified atom stereocenters. The highest BCUT2D eigenvalue weighted by molar-refractivity contribution is 5.87. The molecular weight excluding hydrogens is 252 g/mol. The fraction of sp³-hybridized carbons (Fsp3) is 0.0667. The number of primary amides is 1. The number of nitrogens with two attached hydrogens (primary N) is 1. The van der Waals surface area contributed by atoms with E-state index in [1.54, 1.807) is 18.2 Å². The lowest BCUT2D eigenvalue weighted by Gasteiger charge is -2.08. The van der Waals surface area contributed by atoms with Crippen molar-refractivity contribution in [2.75, 3.05) is 10.6 Å². The number of urea groups is 1. The molecule has 20 heavy (non-hydrogen) atoms. The molecule has 0 aliphatic heterocycles. The number of anilines is 2. The summed E-state index contributed by atoms with van der Waals surface area (Å²) >= 11 is 0. The summed E-state index contributed by atoms with van der Waals surface area (Å²) in [5.41, 5.74) is 8.27. The maximum Gasteiger partial charge on any atom is 0.316 e. The van der Waals surface area contributed by atoms with Gasteiger partial charge in [0.1, 0.15) is 0 Å². The highest BCUT2D eigenvalue weighted by Gasteiger charge is 1.98. The molecule has 0 aliphatic rings. The Hall–Kier alpha value is -3.00. The van der Waals surface area contributed by atoms with Crippen LogP contribution < -0.4 is 16.4 Å². The van der Waals surface area contributed by atoms with E-state index in [-0.39, 0.29) is 0 Å². The second kappa shape index (κ2) is 6.25. The Labute approximate surface area is 117 Å². The molecule has 0 heterocycles. The number of carbonyl (C=O) groups is 1. The number of nitrogens with one attached hydrogen (secondary N) is 2. The van der Waals surface area contributed by atoms with Crippen LogP contribution in [0.1, 0.15) is 11.1 Å². The standard InChI is InChI=1S/C15H14N4O/c16-9-11-2-1-3-12(8-11)10-18-13-4-6-14(7-5-13)19-15(17)20/h1-8,18H,10H2,(H3,17,19,20). The van der Waals surface area contributed by atoms with Crippen LogP contribution in [0.2, 0.25) is 0 Å². The summed E-state index contributed by atoms with van der Waals surface area (Å²) in [6.45, 7) is 0.623. The van der Waals surface area contributed by atoms with E-state index < -0.39 is 6.03 Å². The maximum atomic E-state index is 10.7. The third-order valence-corrected chi connectivity index (χ3v) is 2.71. The summed E-state index contributed by atoms with van der Waals surface area (Å²) in [6.07, 6.45) is 0. The first kappa shape index (κ1) is 13.4. The van der Waals surface area contributed by atoms with Crippen LogP contribution in [0.3, 0.4) is 0 Å². The lowest BCUT2D eigenvalue weighted by Crippen LogP contribution is -2.19. The third kappa shape index (κ3) is 3.75. The van der Waals surface area contributed by atoms with Gasteiger partial charge in [-0.25, -0.2) is 4.79 Å². The van der Waals surface area contributed by atoms with Gasteiger partial charge in [-0.2, -0.15) is 5.26 Å². The van der Waals surface area contributed by atoms with Crippen molar-refractivity contribution in [2.24, 2.45) is 5.73 Å². The van der Waals surface area contributed by atoms with Crippen LogP contribution in [0.5, 0.6) is 0 Å². The lowest BCUT2D eigenvalue weighted by molar-refractivity contribution is 0.259. The number of rotatable bonds is 4. The van der Waals surface area contributed by atoms with E-state index in [1.165, 1.54) is 0 Å². The van der Waals surface area contributed by atoms with Crippen LogP contribution in [0.25, 0.3) is 0 Å². The van der Waals surface area contributed by atoms with Gasteiger partial charge < -0.3 is 16.4 Å². The minimum Gasteiger partial charge on any atom is -0.381 e. The van der Waals surface area contributed by atoms with Crippen molar-refractivity contribution in [1.29, 1.82) is 5.26 Å². The highest BCUT2D eigenvalue weighted by atomic mass is 16.2. The summed E-state index contributed by atoms with van der Waals surface area (Å²) in [6, 6.07) is 16.2. The molecule has 2 amide bonds. The second-order valence-corrected chi connectivity index (χ2v) is 4.23. The Morgan fingerprint density at radius 3 is 2.50 bits per heavy atom. The SMILES string of the molecule is N#Cc1cccc(CNc2ccc(NC(N)=O)cc2)c1. The predicted molar refractivity (Wildman–Crippen MR) is 78.1 cm³/mol. The maximum absolute atomic E-state index is 10.7. The van der Waals surface area contributed by atoms with Crippen LogP contribution in [0, 0.1) is 11.3 Å². The number of amides is 2. The molecule has 2 aromatic carbocycles. The third-order valence-electron chi connectivity index (χ3n) is 2.71. The van der Waals surface area contributed by atoms with Gasteiger partial charge in [0.25, 0.3) is 0 Å². The molecule has 4 N–H and O–H groups in total. The first-order valence-electron chi connectivity index (χ1n) is 6.07. The van der Waals surface area contributed by atoms with Crippen molar-refractivity contribution < 1.29 is 4.79 Å². The number of nitriles is 1. The molecule has 0 fully saturated rings. The topological polar surface area (TPSA) is 90.9 Å². The molecule has 2 aromatic rings. The molecule has 0 aliphatic carbocycles. The summed E-state index contributed by atoms with van der Waals surface area (Å²) in [7, 11) is 0. The number of hydrogen-bond donors (Lipinski definition) is 3. The monoisotopic (exact) mass is 266 g/mol. The zero-order valence-corrected chi connectivity index (χ0v) is 10.8. The van der Waals surface area contributed by atoms with Crippen LogP contribution in [0.4, 0.5) is 16.2 Å². The van der Waals surface area contributed by atoms with Crippen molar-refractivity contribution in [1.82, 2.24) is 0 Å². The number of carbonyl (C=O) groups excluding carboxylic acids is 1. The van der Waals surface area contributed by atoms with E-state index in [0.29, 0.717) is 17.8 Å². The van der Waals surface area contributed by atoms with E-state index >= 15 is 0 Å². The fourth-order valence-electron chi connectivity index (χ4n) is 1.77. The summed E-state index contributed by atoms with van der Waals surface area (Å²) in [5, 5.41) is 14.6. The number of hydrogen-bond acceptors (Lipinski definition) is 3. The smallest absolute Gasteiger partial charge is 0.316 e. The zero-order chi connectivity index (χ0) is 14.4. The largest absolute Gasteiger partial charge is 0.381 e. The van der Waals surface area contributed by atoms with Crippen LogP contribution in [-0.2, 0) is 6.54 Å². The van der Waals surface area contributed by atoms with Gasteiger partial charge in [0.15, 0.2) is 0 Å². The molecule has 0 atom stereocenters. The fourth-order valence-corrected chi connectivity index (χ4v) is 1.77. The van der Waals surface area contributed by atoms with E-state index in [9.17, 15) is 4.79 Å². The van der Waals surface area contributed by atoms with Gasteiger partial charge >= 0.3 is 6.03 Å². The van der Waals surface area contributed by atoms with Gasteiger partial charge in [-0.1, -0.05) is 12.1 Å². The Kier molecular flexibility index (Phi) is 4.20. The van der Waals surface area contributed by atoms with Crippen molar-refractivity contribution in [3.05, 3.63) is 59.7 Å². The first-order valence-corrected chi connectivity index (χ1v) is 6.07. The molecule has 0 spiro atoms. The number of benzene rings is 2. The van der Waals surface area contributed by atoms with Gasteiger partial charge in [-0.3, -0.25) is 0 Å². The zero-order valence-electron chi connectivity index (χ0n) is 10.8. The van der Waals surface area contributed by atoms with E-state index in [1.807, 2.05) is 30.3 Å². The quantitative estimate of drug-likeness (QED) is 0.794. The lowest BCUT2D eigenvalue weighted by atomic mass is 10.1. The highest BCUT2D eigenvalue weighted by Crippen LogP contribution is 2.14. The average molecular weight is 266 g/mol. The second-order valence-electron chi connectivity index (χ2n) is 4.23. The predicted octanol–water partition coefficient (Wildman–Crippen LogP) is 2.66. The molecule has 5 nitrogen and oxygen atoms in total. The number of nitrogens with zero attached hydrogens (tertiary/aromatic N) is 1. The van der Waals surface area contributed by atoms with Crippen LogP contribution in [0.15, 0.2) is 48.5 Å².